The van der Waals surface area contributed by atoms with E-state index in [1.54, 1.807) is 11.0 Å². The van der Waals surface area contributed by atoms with E-state index in [2.05, 4.69) is 20.4 Å². The van der Waals surface area contributed by atoms with Crippen molar-refractivity contribution >= 4 is 5.96 Å². The minimum atomic E-state index is -0.0782. The number of aromatic nitrogens is 3. The molecule has 0 saturated carbocycles. The van der Waals surface area contributed by atoms with Crippen molar-refractivity contribution in [3.8, 4) is 0 Å². The Bertz CT molecular complexity index is 346. The Labute approximate surface area is 89.6 Å². The van der Waals surface area contributed by atoms with E-state index in [1.165, 1.54) is 0 Å². The Morgan fingerprint density at radius 3 is 2.73 bits per heavy atom. The summed E-state index contributed by atoms with van der Waals surface area (Å²) in [6.45, 7) is 6.47. The van der Waals surface area contributed by atoms with Crippen molar-refractivity contribution in [2.75, 3.05) is 0 Å². The fourth-order valence-electron chi connectivity index (χ4n) is 1.04. The van der Waals surface area contributed by atoms with Crippen LogP contribution in [0.5, 0.6) is 0 Å². The fraction of sp³-hybridized carbons (Fsp3) is 0.667. The van der Waals surface area contributed by atoms with Crippen LogP contribution in [0.2, 0.25) is 0 Å². The van der Waals surface area contributed by atoms with Gasteiger partial charge in [-0.1, -0.05) is 0 Å². The Balaban J connectivity index is 2.51. The molecule has 0 radical (unpaired) electrons. The monoisotopic (exact) mass is 210 g/mol. The number of rotatable bonds is 2. The first-order chi connectivity index (χ1) is 6.87. The van der Waals surface area contributed by atoms with Crippen LogP contribution in [0.25, 0.3) is 0 Å². The summed E-state index contributed by atoms with van der Waals surface area (Å²) in [6.07, 6.45) is 1.64. The molecule has 0 saturated heterocycles. The van der Waals surface area contributed by atoms with E-state index in [9.17, 15) is 0 Å². The summed E-state index contributed by atoms with van der Waals surface area (Å²) in [7, 11) is 1.82. The number of nitrogens with zero attached hydrogens (tertiary/aromatic N) is 4. The molecule has 0 aromatic carbocycles. The van der Waals surface area contributed by atoms with Crippen molar-refractivity contribution in [1.29, 1.82) is 0 Å². The lowest BCUT2D eigenvalue weighted by atomic mass is 10.1. The third-order valence-electron chi connectivity index (χ3n) is 1.54. The van der Waals surface area contributed by atoms with E-state index in [1.807, 2.05) is 27.8 Å². The van der Waals surface area contributed by atoms with Crippen LogP contribution >= 0.6 is 0 Å². The molecule has 3 N–H and O–H groups in total. The zero-order valence-corrected chi connectivity index (χ0v) is 9.65. The maximum Gasteiger partial charge on any atom is 0.189 e. The lowest BCUT2D eigenvalue weighted by Crippen LogP contribution is -2.45. The van der Waals surface area contributed by atoms with Gasteiger partial charge in [0, 0.05) is 12.6 Å². The third kappa shape index (κ3) is 4.44. The second-order valence-corrected chi connectivity index (χ2v) is 4.41. The van der Waals surface area contributed by atoms with Gasteiger partial charge < -0.3 is 11.1 Å². The Kier molecular flexibility index (Phi) is 3.28. The summed E-state index contributed by atoms with van der Waals surface area (Å²) >= 11 is 0. The van der Waals surface area contributed by atoms with Crippen LogP contribution in [0.3, 0.4) is 0 Å². The topological polar surface area (TPSA) is 81.1 Å². The molecule has 1 aromatic rings. The maximum absolute atomic E-state index is 5.69. The highest BCUT2D eigenvalue weighted by atomic mass is 15.3. The Morgan fingerprint density at radius 2 is 2.27 bits per heavy atom. The summed E-state index contributed by atoms with van der Waals surface area (Å²) in [5, 5.41) is 7.16. The van der Waals surface area contributed by atoms with Gasteiger partial charge in [0.15, 0.2) is 11.8 Å². The van der Waals surface area contributed by atoms with Crippen LogP contribution in [0.4, 0.5) is 0 Å². The molecule has 15 heavy (non-hydrogen) atoms. The summed E-state index contributed by atoms with van der Waals surface area (Å²) < 4.78 is 1.64. The van der Waals surface area contributed by atoms with Gasteiger partial charge in [0.05, 0.1) is 0 Å². The largest absolute Gasteiger partial charge is 0.370 e. The average Bonchev–Trinajstić information content (AvgIpc) is 2.45. The molecule has 6 heteroatoms. The van der Waals surface area contributed by atoms with Gasteiger partial charge in [-0.2, -0.15) is 5.10 Å². The van der Waals surface area contributed by atoms with Gasteiger partial charge in [-0.3, -0.25) is 4.68 Å². The number of nitrogens with two attached hydrogens (primary N) is 1. The second kappa shape index (κ2) is 4.29. The molecule has 0 aliphatic carbocycles. The first-order valence-corrected chi connectivity index (χ1v) is 4.79. The minimum absolute atomic E-state index is 0.0782. The molecule has 0 aliphatic rings. The predicted octanol–water partition coefficient (Wildman–Crippen LogP) is 0.0179. The van der Waals surface area contributed by atoms with Crippen molar-refractivity contribution < 1.29 is 0 Å². The molecule has 84 valence electrons. The molecule has 1 aromatic heterocycles. The molecule has 0 atom stereocenters. The molecule has 0 amide bonds. The number of aryl methyl sites for hydroxylation is 1. The van der Waals surface area contributed by atoms with Gasteiger partial charge >= 0.3 is 0 Å². The maximum atomic E-state index is 5.69. The molecule has 0 bridgehead atoms. The number of nitrogens with one attached hydrogen (secondary N) is 1. The van der Waals surface area contributed by atoms with Crippen molar-refractivity contribution in [2.24, 2.45) is 17.8 Å². The van der Waals surface area contributed by atoms with Crippen molar-refractivity contribution in [2.45, 2.75) is 32.9 Å². The highest BCUT2D eigenvalue weighted by Crippen LogP contribution is 1.97. The third-order valence-corrected chi connectivity index (χ3v) is 1.54. The van der Waals surface area contributed by atoms with Gasteiger partial charge in [-0.15, -0.1) is 0 Å². The van der Waals surface area contributed by atoms with E-state index in [-0.39, 0.29) is 5.54 Å². The van der Waals surface area contributed by atoms with Crippen molar-refractivity contribution in [3.05, 3.63) is 12.2 Å². The van der Waals surface area contributed by atoms with Crippen LogP contribution in [0, 0.1) is 0 Å². The van der Waals surface area contributed by atoms with Gasteiger partial charge in [-0.05, 0) is 20.8 Å². The van der Waals surface area contributed by atoms with Crippen LogP contribution in [-0.2, 0) is 13.6 Å². The number of guanidine groups is 1. The van der Waals surface area contributed by atoms with E-state index < -0.39 is 0 Å². The smallest absolute Gasteiger partial charge is 0.189 e. The van der Waals surface area contributed by atoms with Crippen LogP contribution in [-0.4, -0.2) is 26.3 Å². The Morgan fingerprint density at radius 1 is 1.60 bits per heavy atom. The predicted molar refractivity (Wildman–Crippen MR) is 59.2 cm³/mol. The number of hydrogen-bond donors (Lipinski definition) is 2. The zero-order chi connectivity index (χ0) is 11.5. The highest BCUT2D eigenvalue weighted by Gasteiger charge is 2.09. The SMILES string of the molecule is Cn1cnc(CN=C(N)NC(C)(C)C)n1. The zero-order valence-electron chi connectivity index (χ0n) is 9.65. The van der Waals surface area contributed by atoms with Crippen LogP contribution < -0.4 is 11.1 Å². The summed E-state index contributed by atoms with van der Waals surface area (Å²) in [4.78, 5) is 8.18. The molecule has 0 unspecified atom stereocenters. The lowest BCUT2D eigenvalue weighted by Gasteiger charge is -2.20. The number of hydrogen-bond acceptors (Lipinski definition) is 3. The van der Waals surface area contributed by atoms with E-state index >= 15 is 0 Å². The highest BCUT2D eigenvalue weighted by molar-refractivity contribution is 5.78. The molecular weight excluding hydrogens is 192 g/mol. The van der Waals surface area contributed by atoms with E-state index in [0.29, 0.717) is 18.3 Å². The molecule has 1 heterocycles. The average molecular weight is 210 g/mol. The molecular formula is C9H18N6. The normalized spacial score (nSPS) is 12.9. The van der Waals surface area contributed by atoms with Crippen molar-refractivity contribution in [1.82, 2.24) is 20.1 Å². The van der Waals surface area contributed by atoms with Gasteiger partial charge in [-0.25, -0.2) is 9.98 Å². The first kappa shape index (κ1) is 11.5. The summed E-state index contributed by atoms with van der Waals surface area (Å²) in [5.41, 5.74) is 5.61. The lowest BCUT2D eigenvalue weighted by molar-refractivity contribution is 0.508. The van der Waals surface area contributed by atoms with E-state index in [0.717, 1.165) is 0 Å². The van der Waals surface area contributed by atoms with Gasteiger partial charge in [0.1, 0.15) is 12.9 Å². The van der Waals surface area contributed by atoms with Gasteiger partial charge in [0.2, 0.25) is 0 Å². The minimum Gasteiger partial charge on any atom is -0.370 e. The molecule has 0 fully saturated rings. The first-order valence-electron chi connectivity index (χ1n) is 4.79. The molecule has 6 nitrogen and oxygen atoms in total. The van der Waals surface area contributed by atoms with Crippen LogP contribution in [0.15, 0.2) is 11.3 Å². The molecule has 1 rings (SSSR count). The molecule has 0 spiro atoms. The number of aliphatic imine (C=N–C) groups is 1. The van der Waals surface area contributed by atoms with E-state index in [4.69, 9.17) is 5.73 Å². The quantitative estimate of drug-likeness (QED) is 0.532. The van der Waals surface area contributed by atoms with Crippen molar-refractivity contribution in [3.63, 3.8) is 0 Å². The fourth-order valence-corrected chi connectivity index (χ4v) is 1.04. The Hall–Kier alpha value is -1.59. The van der Waals surface area contributed by atoms with Gasteiger partial charge in [0.25, 0.3) is 0 Å². The van der Waals surface area contributed by atoms with Crippen LogP contribution in [0.1, 0.15) is 26.6 Å². The standard InChI is InChI=1S/C9H18N6/c1-9(2,3)13-8(10)11-5-7-12-6-15(4)14-7/h6H,5H2,1-4H3,(H3,10,11,13). The summed E-state index contributed by atoms with van der Waals surface area (Å²) in [5.74, 6) is 1.08. The molecule has 0 aliphatic heterocycles. The summed E-state index contributed by atoms with van der Waals surface area (Å²) in [6, 6.07) is 0. The second-order valence-electron chi connectivity index (χ2n) is 4.41.